The lowest BCUT2D eigenvalue weighted by molar-refractivity contribution is 0.661. The van der Waals surface area contributed by atoms with Gasteiger partial charge in [-0.25, -0.2) is 0 Å². The third-order valence-corrected chi connectivity index (χ3v) is 8.52. The highest BCUT2D eigenvalue weighted by Crippen LogP contribution is 2.51. The molecule has 0 fully saturated rings. The minimum Gasteiger partial charge on any atom is -0.309 e. The molecule has 1 aromatic heterocycles. The van der Waals surface area contributed by atoms with E-state index in [-0.39, 0.29) is 5.41 Å². The van der Waals surface area contributed by atoms with E-state index in [2.05, 4.69) is 147 Å². The molecule has 0 unspecified atom stereocenters. The minimum absolute atomic E-state index is 0.0561. The van der Waals surface area contributed by atoms with Gasteiger partial charge in [-0.05, 0) is 87.8 Å². The van der Waals surface area contributed by atoms with Gasteiger partial charge in [-0.15, -0.1) is 0 Å². The Kier molecular flexibility index (Phi) is 5.25. The van der Waals surface area contributed by atoms with Gasteiger partial charge in [0, 0.05) is 21.9 Å². The summed E-state index contributed by atoms with van der Waals surface area (Å²) in [5, 5.41) is 2.57. The molecule has 0 saturated heterocycles. The molecule has 1 heterocycles. The molecule has 0 N–H and O–H groups in total. The first kappa shape index (κ1) is 23.5. The third-order valence-electron chi connectivity index (χ3n) is 8.52. The molecule has 0 saturated carbocycles. The molecule has 1 nitrogen and oxygen atoms in total. The molecule has 7 rings (SSSR count). The lowest BCUT2D eigenvalue weighted by Crippen LogP contribution is -2.15. The largest absolute Gasteiger partial charge is 0.309 e. The molecule has 0 bridgehead atoms. The van der Waals surface area contributed by atoms with Gasteiger partial charge in [-0.2, -0.15) is 0 Å². The first-order valence-electron chi connectivity index (χ1n) is 13.7. The van der Waals surface area contributed by atoms with Crippen molar-refractivity contribution in [2.24, 2.45) is 0 Å². The SMILES string of the molecule is C=C/C(=C\C)c1cc(-c2ccccc2)cc(-n2c3ccccc3c3cc4c(cc32)C(C)(C)c2ccccc2-4)c1. The maximum absolute atomic E-state index is 4.10. The number of benzene rings is 5. The zero-order chi connectivity index (χ0) is 26.7. The van der Waals surface area contributed by atoms with Crippen LogP contribution in [0.25, 0.3) is 55.3 Å². The first-order chi connectivity index (χ1) is 19.0. The maximum Gasteiger partial charge on any atom is 0.0544 e. The van der Waals surface area contributed by atoms with Crippen LogP contribution in [-0.4, -0.2) is 4.57 Å². The van der Waals surface area contributed by atoms with E-state index in [0.717, 1.165) is 11.3 Å². The Morgan fingerprint density at radius 1 is 0.667 bits per heavy atom. The normalized spacial score (nSPS) is 14.0. The molecule has 0 atom stereocenters. The molecular formula is C38H31N. The summed E-state index contributed by atoms with van der Waals surface area (Å²) in [6, 6.07) is 40.1. The van der Waals surface area contributed by atoms with Crippen LogP contribution in [0.2, 0.25) is 0 Å². The van der Waals surface area contributed by atoms with Crippen LogP contribution in [0.1, 0.15) is 37.5 Å². The van der Waals surface area contributed by atoms with E-state index in [4.69, 9.17) is 0 Å². The Bertz CT molecular complexity index is 1950. The Hall–Kier alpha value is -4.62. The van der Waals surface area contributed by atoms with Crippen molar-refractivity contribution in [2.75, 3.05) is 0 Å². The summed E-state index contributed by atoms with van der Waals surface area (Å²) < 4.78 is 2.45. The molecule has 188 valence electrons. The molecule has 5 aromatic carbocycles. The number of fused-ring (bicyclic) bond motifs is 6. The summed E-state index contributed by atoms with van der Waals surface area (Å²) in [5.41, 5.74) is 13.8. The number of hydrogen-bond donors (Lipinski definition) is 0. The Morgan fingerprint density at radius 2 is 1.41 bits per heavy atom. The fraction of sp³-hybridized carbons (Fsp3) is 0.105. The summed E-state index contributed by atoms with van der Waals surface area (Å²) in [6.07, 6.45) is 4.09. The number of hydrogen-bond acceptors (Lipinski definition) is 0. The summed E-state index contributed by atoms with van der Waals surface area (Å²) in [4.78, 5) is 0. The highest BCUT2D eigenvalue weighted by atomic mass is 15.0. The van der Waals surface area contributed by atoms with Gasteiger partial charge in [0.1, 0.15) is 0 Å². The Balaban J connectivity index is 1.58. The quantitative estimate of drug-likeness (QED) is 0.212. The van der Waals surface area contributed by atoms with Crippen LogP contribution in [0.5, 0.6) is 0 Å². The molecule has 1 heteroatoms. The second kappa shape index (κ2) is 8.71. The Morgan fingerprint density at radius 3 is 2.21 bits per heavy atom. The molecule has 1 aliphatic rings. The highest BCUT2D eigenvalue weighted by molar-refractivity contribution is 6.11. The van der Waals surface area contributed by atoms with Crippen molar-refractivity contribution in [3.05, 3.63) is 145 Å². The van der Waals surface area contributed by atoms with Crippen LogP contribution in [0, 0.1) is 0 Å². The zero-order valence-electron chi connectivity index (χ0n) is 22.7. The van der Waals surface area contributed by atoms with Gasteiger partial charge in [0.2, 0.25) is 0 Å². The minimum atomic E-state index is -0.0561. The number of aromatic nitrogens is 1. The number of allylic oxidation sites excluding steroid dienone is 3. The van der Waals surface area contributed by atoms with Crippen molar-refractivity contribution in [1.82, 2.24) is 4.57 Å². The molecule has 39 heavy (non-hydrogen) atoms. The van der Waals surface area contributed by atoms with Crippen molar-refractivity contribution in [3.8, 4) is 27.9 Å². The third kappa shape index (κ3) is 3.47. The van der Waals surface area contributed by atoms with Crippen molar-refractivity contribution in [3.63, 3.8) is 0 Å². The lowest BCUT2D eigenvalue weighted by atomic mass is 9.82. The molecule has 0 amide bonds. The van der Waals surface area contributed by atoms with Gasteiger partial charge in [0.15, 0.2) is 0 Å². The van der Waals surface area contributed by atoms with E-state index in [0.29, 0.717) is 0 Å². The second-order valence-electron chi connectivity index (χ2n) is 11.0. The summed E-state index contributed by atoms with van der Waals surface area (Å²) in [7, 11) is 0. The molecular weight excluding hydrogens is 470 g/mol. The van der Waals surface area contributed by atoms with E-state index >= 15 is 0 Å². The van der Waals surface area contributed by atoms with Crippen LogP contribution in [-0.2, 0) is 5.41 Å². The monoisotopic (exact) mass is 501 g/mol. The molecule has 0 aliphatic heterocycles. The van der Waals surface area contributed by atoms with Crippen LogP contribution in [0.4, 0.5) is 0 Å². The molecule has 0 radical (unpaired) electrons. The topological polar surface area (TPSA) is 4.93 Å². The van der Waals surface area contributed by atoms with E-state index in [1.54, 1.807) is 0 Å². The fourth-order valence-electron chi connectivity index (χ4n) is 6.55. The fourth-order valence-corrected chi connectivity index (χ4v) is 6.55. The highest BCUT2D eigenvalue weighted by Gasteiger charge is 2.36. The predicted octanol–water partition coefficient (Wildman–Crippen LogP) is 10.3. The van der Waals surface area contributed by atoms with Crippen molar-refractivity contribution in [1.29, 1.82) is 0 Å². The average Bonchev–Trinajstić information content (AvgIpc) is 3.42. The van der Waals surface area contributed by atoms with Crippen molar-refractivity contribution >= 4 is 27.4 Å². The maximum atomic E-state index is 4.10. The smallest absolute Gasteiger partial charge is 0.0544 e. The Labute approximate surface area is 230 Å². The molecule has 6 aromatic rings. The van der Waals surface area contributed by atoms with Gasteiger partial charge < -0.3 is 4.57 Å². The van der Waals surface area contributed by atoms with Crippen molar-refractivity contribution < 1.29 is 0 Å². The second-order valence-corrected chi connectivity index (χ2v) is 11.0. The summed E-state index contributed by atoms with van der Waals surface area (Å²) >= 11 is 0. The van der Waals surface area contributed by atoms with Gasteiger partial charge in [0.05, 0.1) is 11.0 Å². The van der Waals surface area contributed by atoms with E-state index in [1.165, 1.54) is 60.8 Å². The van der Waals surface area contributed by atoms with Crippen LogP contribution < -0.4 is 0 Å². The van der Waals surface area contributed by atoms with Gasteiger partial charge in [-0.3, -0.25) is 0 Å². The predicted molar refractivity (Wildman–Crippen MR) is 168 cm³/mol. The molecule has 1 aliphatic carbocycles. The van der Waals surface area contributed by atoms with Gasteiger partial charge in [-0.1, -0.05) is 105 Å². The van der Waals surface area contributed by atoms with E-state index < -0.39 is 0 Å². The summed E-state index contributed by atoms with van der Waals surface area (Å²) in [5.74, 6) is 0. The van der Waals surface area contributed by atoms with Crippen LogP contribution >= 0.6 is 0 Å². The van der Waals surface area contributed by atoms with Crippen molar-refractivity contribution in [2.45, 2.75) is 26.2 Å². The number of rotatable bonds is 4. The van der Waals surface area contributed by atoms with E-state index in [9.17, 15) is 0 Å². The first-order valence-corrected chi connectivity index (χ1v) is 13.7. The van der Waals surface area contributed by atoms with Crippen LogP contribution in [0.15, 0.2) is 128 Å². The van der Waals surface area contributed by atoms with Gasteiger partial charge >= 0.3 is 0 Å². The standard InChI is InChI=1S/C38H31N/c1-5-25(6-2)27-20-28(26-14-8-7-9-15-26)22-29(21-27)39-36-19-13-11-17-31(36)33-23-32-30-16-10-12-18-34(30)38(3,4)35(32)24-37(33)39/h5-24H,1H2,2-4H3/b25-6+. The number of nitrogens with zero attached hydrogens (tertiary/aromatic N) is 1. The van der Waals surface area contributed by atoms with Crippen LogP contribution in [0.3, 0.4) is 0 Å². The lowest BCUT2D eigenvalue weighted by Gasteiger charge is -2.22. The zero-order valence-corrected chi connectivity index (χ0v) is 22.7. The summed E-state index contributed by atoms with van der Waals surface area (Å²) in [6.45, 7) is 10.9. The number of para-hydroxylation sites is 1. The molecule has 0 spiro atoms. The van der Waals surface area contributed by atoms with Gasteiger partial charge in [0.25, 0.3) is 0 Å². The van der Waals surface area contributed by atoms with E-state index in [1.807, 2.05) is 6.08 Å². The average molecular weight is 502 g/mol.